The summed E-state index contributed by atoms with van der Waals surface area (Å²) >= 11 is 0. The summed E-state index contributed by atoms with van der Waals surface area (Å²) in [6.07, 6.45) is 5.91. The zero-order valence-electron chi connectivity index (χ0n) is 14.5. The molecule has 23 heavy (non-hydrogen) atoms. The quantitative estimate of drug-likeness (QED) is 0.497. The van der Waals surface area contributed by atoms with Crippen LogP contribution >= 0.6 is 0 Å². The smallest absolute Gasteiger partial charge is 0.000162 e. The predicted octanol–water partition coefficient (Wildman–Crippen LogP) is 6.26. The van der Waals surface area contributed by atoms with Crippen LogP contribution < -0.4 is 0 Å². The first-order valence-electron chi connectivity index (χ1n) is 8.59. The van der Waals surface area contributed by atoms with Crippen LogP contribution in [-0.2, 0) is 6.42 Å². The third-order valence-electron chi connectivity index (χ3n) is 5.22. The van der Waals surface area contributed by atoms with Crippen LogP contribution in [0.25, 0.3) is 16.7 Å². The van der Waals surface area contributed by atoms with E-state index in [1.807, 2.05) is 0 Å². The monoisotopic (exact) mass is 300 g/mol. The molecular formula is C23H24. The minimum atomic E-state index is 0.225. The lowest BCUT2D eigenvalue weighted by Crippen LogP contribution is -2.06. The highest BCUT2D eigenvalue weighted by molar-refractivity contribution is 5.81. The van der Waals surface area contributed by atoms with Gasteiger partial charge in [-0.25, -0.2) is 0 Å². The Bertz CT molecular complexity index is 841. The first-order chi connectivity index (χ1) is 10.9. The van der Waals surface area contributed by atoms with Crippen LogP contribution in [0.2, 0.25) is 0 Å². The van der Waals surface area contributed by atoms with Crippen molar-refractivity contribution in [3.63, 3.8) is 0 Å². The van der Waals surface area contributed by atoms with Gasteiger partial charge in [-0.1, -0.05) is 82.3 Å². The molecule has 2 aromatic carbocycles. The Morgan fingerprint density at radius 2 is 1.65 bits per heavy atom. The fraction of sp³-hybridized carbons (Fsp3) is 0.304. The van der Waals surface area contributed by atoms with Crippen molar-refractivity contribution < 1.29 is 0 Å². The first-order valence-corrected chi connectivity index (χ1v) is 8.59. The van der Waals surface area contributed by atoms with Crippen LogP contribution in [0.15, 0.2) is 60.2 Å². The van der Waals surface area contributed by atoms with Crippen molar-refractivity contribution in [2.75, 3.05) is 0 Å². The topological polar surface area (TPSA) is 0 Å². The van der Waals surface area contributed by atoms with Gasteiger partial charge in [-0.2, -0.15) is 0 Å². The van der Waals surface area contributed by atoms with Crippen LogP contribution in [0.4, 0.5) is 0 Å². The zero-order valence-corrected chi connectivity index (χ0v) is 14.5. The highest BCUT2D eigenvalue weighted by Gasteiger charge is 2.25. The molecule has 0 bridgehead atoms. The van der Waals surface area contributed by atoms with Gasteiger partial charge in [-0.15, -0.1) is 0 Å². The Morgan fingerprint density at radius 1 is 0.913 bits per heavy atom. The number of rotatable bonds is 1. The Balaban J connectivity index is 1.73. The molecule has 2 aliphatic carbocycles. The Hall–Kier alpha value is -2.08. The third-order valence-corrected chi connectivity index (χ3v) is 5.22. The van der Waals surface area contributed by atoms with Gasteiger partial charge in [0, 0.05) is 5.92 Å². The average Bonchev–Trinajstić information content (AvgIpc) is 3.06. The molecule has 2 aromatic rings. The second-order valence-electron chi connectivity index (χ2n) is 7.97. The van der Waals surface area contributed by atoms with Crippen LogP contribution in [0.3, 0.4) is 0 Å². The van der Waals surface area contributed by atoms with Crippen molar-refractivity contribution in [1.29, 1.82) is 0 Å². The molecule has 2 aliphatic rings. The van der Waals surface area contributed by atoms with E-state index in [4.69, 9.17) is 0 Å². The van der Waals surface area contributed by atoms with E-state index in [2.05, 4.69) is 82.3 Å². The maximum atomic E-state index is 2.43. The van der Waals surface area contributed by atoms with Crippen molar-refractivity contribution in [2.45, 2.75) is 34.1 Å². The Morgan fingerprint density at radius 3 is 2.39 bits per heavy atom. The largest absolute Gasteiger partial charge is 0.0735 e. The van der Waals surface area contributed by atoms with Crippen LogP contribution in [0.5, 0.6) is 0 Å². The van der Waals surface area contributed by atoms with Crippen LogP contribution in [-0.4, -0.2) is 0 Å². The molecule has 116 valence electrons. The molecule has 1 atom stereocenters. The molecule has 0 heteroatoms. The van der Waals surface area contributed by atoms with Crippen molar-refractivity contribution in [3.05, 3.63) is 76.9 Å². The molecule has 1 unspecified atom stereocenters. The summed E-state index contributed by atoms with van der Waals surface area (Å²) in [5.41, 5.74) is 10.3. The highest BCUT2D eigenvalue weighted by Crippen LogP contribution is 2.42. The molecule has 0 saturated heterocycles. The Labute approximate surface area is 139 Å². The predicted molar refractivity (Wildman–Crippen MR) is 99.4 cm³/mol. The normalized spacial score (nSPS) is 19.2. The summed E-state index contributed by atoms with van der Waals surface area (Å²) < 4.78 is 0. The van der Waals surface area contributed by atoms with Gasteiger partial charge < -0.3 is 0 Å². The van der Waals surface area contributed by atoms with E-state index in [1.165, 1.54) is 39.0 Å². The number of fused-ring (bicyclic) bond motifs is 3. The molecule has 0 nitrogen and oxygen atoms in total. The number of allylic oxidation sites excluding steroid dienone is 4. The third kappa shape index (κ3) is 2.37. The van der Waals surface area contributed by atoms with E-state index in [0.29, 0.717) is 5.92 Å². The van der Waals surface area contributed by atoms with E-state index < -0.39 is 0 Å². The summed E-state index contributed by atoms with van der Waals surface area (Å²) in [6, 6.07) is 15.8. The molecule has 0 radical (unpaired) electrons. The lowest BCUT2D eigenvalue weighted by molar-refractivity contribution is 0.516. The fourth-order valence-corrected chi connectivity index (χ4v) is 3.84. The molecule has 0 N–H and O–H groups in total. The van der Waals surface area contributed by atoms with Crippen LogP contribution in [0, 0.1) is 11.3 Å². The summed E-state index contributed by atoms with van der Waals surface area (Å²) in [5.74, 6) is 0.506. The zero-order chi connectivity index (χ0) is 16.2. The van der Waals surface area contributed by atoms with E-state index in [0.717, 1.165) is 6.42 Å². The molecule has 0 spiro atoms. The van der Waals surface area contributed by atoms with Gasteiger partial charge in [0.15, 0.2) is 0 Å². The van der Waals surface area contributed by atoms with Crippen molar-refractivity contribution in [1.82, 2.24) is 0 Å². The molecular weight excluding hydrogens is 276 g/mol. The lowest BCUT2D eigenvalue weighted by Gasteiger charge is -2.18. The standard InChI is InChI=1S/C23H24/c1-15-11-19(23(2,3)4)14-22(15)17-9-10-21-18(13-17)12-16-7-5-6-8-20(16)21/h5-11,13-15H,12H2,1-4H3. The summed E-state index contributed by atoms with van der Waals surface area (Å²) in [4.78, 5) is 0. The van der Waals surface area contributed by atoms with Gasteiger partial charge in [0.2, 0.25) is 0 Å². The number of hydrogen-bond acceptors (Lipinski definition) is 0. The summed E-state index contributed by atoms with van der Waals surface area (Å²) in [5, 5.41) is 0. The van der Waals surface area contributed by atoms with Crippen LogP contribution in [0.1, 0.15) is 44.4 Å². The summed E-state index contributed by atoms with van der Waals surface area (Å²) in [6.45, 7) is 9.20. The maximum absolute atomic E-state index is 2.43. The van der Waals surface area contributed by atoms with Gasteiger partial charge in [-0.3, -0.25) is 0 Å². The molecule has 0 aromatic heterocycles. The second kappa shape index (κ2) is 4.96. The summed E-state index contributed by atoms with van der Waals surface area (Å²) in [7, 11) is 0. The minimum absolute atomic E-state index is 0.225. The SMILES string of the molecule is CC1C=C(C(C)(C)C)C=C1c1ccc2c(c1)Cc1ccccc1-2. The Kier molecular flexibility index (Phi) is 3.13. The molecule has 0 fully saturated rings. The van der Waals surface area contributed by atoms with Gasteiger partial charge in [0.25, 0.3) is 0 Å². The molecule has 4 rings (SSSR count). The van der Waals surface area contributed by atoms with Gasteiger partial charge in [0.05, 0.1) is 0 Å². The van der Waals surface area contributed by atoms with Gasteiger partial charge in [0.1, 0.15) is 0 Å². The van der Waals surface area contributed by atoms with Crippen molar-refractivity contribution >= 4 is 5.57 Å². The van der Waals surface area contributed by atoms with Crippen molar-refractivity contribution in [2.24, 2.45) is 11.3 Å². The number of benzene rings is 2. The minimum Gasteiger partial charge on any atom is -0.0735 e. The van der Waals surface area contributed by atoms with E-state index in [1.54, 1.807) is 0 Å². The molecule has 0 saturated carbocycles. The maximum Gasteiger partial charge on any atom is 0.000162 e. The molecule has 0 aliphatic heterocycles. The molecule has 0 amide bonds. The number of hydrogen-bond donors (Lipinski definition) is 0. The average molecular weight is 300 g/mol. The first kappa shape index (κ1) is 14.5. The van der Waals surface area contributed by atoms with E-state index in [9.17, 15) is 0 Å². The van der Waals surface area contributed by atoms with Gasteiger partial charge in [-0.05, 0) is 50.8 Å². The van der Waals surface area contributed by atoms with E-state index >= 15 is 0 Å². The lowest BCUT2D eigenvalue weighted by atomic mass is 9.87. The second-order valence-corrected chi connectivity index (χ2v) is 7.97. The highest BCUT2D eigenvalue weighted by atomic mass is 14.3. The van der Waals surface area contributed by atoms with E-state index in [-0.39, 0.29) is 5.41 Å². The van der Waals surface area contributed by atoms with Gasteiger partial charge >= 0.3 is 0 Å². The molecule has 0 heterocycles. The van der Waals surface area contributed by atoms with Crippen molar-refractivity contribution in [3.8, 4) is 11.1 Å². The fourth-order valence-electron chi connectivity index (χ4n) is 3.84.